The number of anilines is 1. The maximum atomic E-state index is 11.8. The molecule has 2 N–H and O–H groups in total. The van der Waals surface area contributed by atoms with Crippen molar-refractivity contribution >= 4 is 23.6 Å². The van der Waals surface area contributed by atoms with Gasteiger partial charge in [0.05, 0.1) is 13.0 Å². The number of hydrogen-bond donors (Lipinski definition) is 2. The third-order valence-electron chi connectivity index (χ3n) is 2.33. The molecule has 114 valence electrons. The first-order valence-electron chi connectivity index (χ1n) is 6.14. The molecule has 0 radical (unpaired) electrons. The van der Waals surface area contributed by atoms with Crippen molar-refractivity contribution in [2.75, 3.05) is 18.5 Å². The molecule has 7 heteroatoms. The summed E-state index contributed by atoms with van der Waals surface area (Å²) in [6, 6.07) is 6.50. The maximum Gasteiger partial charge on any atom is 0.328 e. The number of halogens is 2. The minimum Gasteiger partial charge on any atom is -0.478 e. The van der Waals surface area contributed by atoms with Crippen LogP contribution in [0.5, 0.6) is 0 Å². The van der Waals surface area contributed by atoms with E-state index in [4.69, 9.17) is 5.11 Å². The molecule has 0 atom stereocenters. The summed E-state index contributed by atoms with van der Waals surface area (Å²) < 4.78 is 28.2. The molecule has 0 saturated heterocycles. The maximum absolute atomic E-state index is 11.8. The van der Waals surface area contributed by atoms with Gasteiger partial charge < -0.3 is 15.2 Å². The Morgan fingerprint density at radius 3 is 2.52 bits per heavy atom. The van der Waals surface area contributed by atoms with Crippen LogP contribution >= 0.6 is 0 Å². The Bertz CT molecular complexity index is 500. The monoisotopic (exact) mass is 299 g/mol. The number of carbonyl (C=O) groups excluding carboxylic acids is 1. The van der Waals surface area contributed by atoms with Crippen molar-refractivity contribution in [1.82, 2.24) is 0 Å². The summed E-state index contributed by atoms with van der Waals surface area (Å²) in [6.45, 7) is -0.756. The van der Waals surface area contributed by atoms with Gasteiger partial charge >= 0.3 is 5.97 Å². The first-order valence-corrected chi connectivity index (χ1v) is 6.14. The Kier molecular flexibility index (Phi) is 7.03. The van der Waals surface area contributed by atoms with Gasteiger partial charge in [-0.05, 0) is 23.8 Å². The minimum absolute atomic E-state index is 0.0204. The molecule has 0 spiro atoms. The van der Waals surface area contributed by atoms with E-state index in [0.29, 0.717) is 11.3 Å². The number of amides is 1. The molecule has 1 amide bonds. The first-order chi connectivity index (χ1) is 9.97. The number of aliphatic carboxylic acids is 1. The van der Waals surface area contributed by atoms with E-state index in [0.717, 1.165) is 6.08 Å². The molecule has 0 saturated carbocycles. The van der Waals surface area contributed by atoms with Gasteiger partial charge in [-0.1, -0.05) is 12.1 Å². The largest absolute Gasteiger partial charge is 0.478 e. The highest BCUT2D eigenvalue weighted by molar-refractivity contribution is 5.91. The molecule has 5 nitrogen and oxygen atoms in total. The second-order valence-electron chi connectivity index (χ2n) is 4.06. The lowest BCUT2D eigenvalue weighted by atomic mass is 10.2. The summed E-state index contributed by atoms with van der Waals surface area (Å²) in [5, 5.41) is 11.1. The van der Waals surface area contributed by atoms with Gasteiger partial charge in [-0.3, -0.25) is 4.79 Å². The predicted molar refractivity (Wildman–Crippen MR) is 73.2 cm³/mol. The molecule has 1 rings (SSSR count). The van der Waals surface area contributed by atoms with Crippen molar-refractivity contribution in [3.8, 4) is 0 Å². The van der Waals surface area contributed by atoms with Crippen LogP contribution < -0.4 is 5.32 Å². The van der Waals surface area contributed by atoms with Crippen molar-refractivity contribution in [2.45, 2.75) is 12.8 Å². The molecule has 0 aliphatic rings. The highest BCUT2D eigenvalue weighted by Gasteiger charge is 2.05. The molecule has 1 aromatic rings. The quantitative estimate of drug-likeness (QED) is 0.571. The highest BCUT2D eigenvalue weighted by atomic mass is 19.3. The summed E-state index contributed by atoms with van der Waals surface area (Å²) >= 11 is 0. The van der Waals surface area contributed by atoms with Crippen LogP contribution in [0.1, 0.15) is 12.0 Å². The van der Waals surface area contributed by atoms with E-state index < -0.39 is 19.0 Å². The van der Waals surface area contributed by atoms with E-state index >= 15 is 0 Å². The van der Waals surface area contributed by atoms with Crippen LogP contribution in [-0.4, -0.2) is 36.6 Å². The van der Waals surface area contributed by atoms with Gasteiger partial charge in [0.1, 0.15) is 6.61 Å². The zero-order valence-electron chi connectivity index (χ0n) is 11.1. The smallest absolute Gasteiger partial charge is 0.328 e. The molecule has 0 unspecified atom stereocenters. The van der Waals surface area contributed by atoms with E-state index in [2.05, 4.69) is 10.1 Å². The number of hydrogen-bond acceptors (Lipinski definition) is 3. The third-order valence-corrected chi connectivity index (χ3v) is 2.33. The van der Waals surface area contributed by atoms with E-state index in [9.17, 15) is 18.4 Å². The van der Waals surface area contributed by atoms with Gasteiger partial charge in [-0.25, -0.2) is 13.6 Å². The van der Waals surface area contributed by atoms with E-state index in [1.807, 2.05) is 0 Å². The number of carbonyl (C=O) groups is 2. The van der Waals surface area contributed by atoms with Crippen LogP contribution in [0.25, 0.3) is 6.08 Å². The first kappa shape index (κ1) is 16.8. The van der Waals surface area contributed by atoms with Gasteiger partial charge in [0.15, 0.2) is 0 Å². The average molecular weight is 299 g/mol. The SMILES string of the molecule is O=C(O)/C=C/c1ccc(NC(=O)CCOCC(F)F)cc1. The van der Waals surface area contributed by atoms with Crippen LogP contribution in [0.3, 0.4) is 0 Å². The fourth-order valence-electron chi connectivity index (χ4n) is 1.41. The van der Waals surface area contributed by atoms with Crippen LogP contribution in [0.15, 0.2) is 30.3 Å². The predicted octanol–water partition coefficient (Wildman–Crippen LogP) is 2.39. The normalized spacial score (nSPS) is 11.0. The van der Waals surface area contributed by atoms with Crippen molar-refractivity contribution < 1.29 is 28.2 Å². The van der Waals surface area contributed by atoms with Crippen LogP contribution in [0, 0.1) is 0 Å². The summed E-state index contributed by atoms with van der Waals surface area (Å²) in [6.07, 6.45) is -0.132. The molecule has 21 heavy (non-hydrogen) atoms. The molecule has 0 bridgehead atoms. The Hall–Kier alpha value is -2.28. The Balaban J connectivity index is 2.37. The minimum atomic E-state index is -2.54. The Morgan fingerprint density at radius 2 is 1.95 bits per heavy atom. The molecule has 0 fully saturated rings. The number of nitrogens with one attached hydrogen (secondary N) is 1. The molecule has 0 aliphatic carbocycles. The lowest BCUT2D eigenvalue weighted by molar-refractivity contribution is -0.131. The van der Waals surface area contributed by atoms with Gasteiger partial charge in [-0.2, -0.15) is 0 Å². The van der Waals surface area contributed by atoms with Crippen LogP contribution in [0.4, 0.5) is 14.5 Å². The van der Waals surface area contributed by atoms with Crippen molar-refractivity contribution in [3.05, 3.63) is 35.9 Å². The lowest BCUT2D eigenvalue weighted by Gasteiger charge is -2.06. The summed E-state index contributed by atoms with van der Waals surface area (Å²) in [4.78, 5) is 21.8. The van der Waals surface area contributed by atoms with Crippen molar-refractivity contribution in [2.24, 2.45) is 0 Å². The summed E-state index contributed by atoms with van der Waals surface area (Å²) in [7, 11) is 0. The molecule has 1 aromatic carbocycles. The topological polar surface area (TPSA) is 75.6 Å². The van der Waals surface area contributed by atoms with Crippen LogP contribution in [-0.2, 0) is 14.3 Å². The fraction of sp³-hybridized carbons (Fsp3) is 0.286. The van der Waals surface area contributed by atoms with E-state index in [-0.39, 0.29) is 18.9 Å². The lowest BCUT2D eigenvalue weighted by Crippen LogP contribution is -2.15. The number of carboxylic acids is 1. The van der Waals surface area contributed by atoms with E-state index in [1.165, 1.54) is 6.08 Å². The number of ether oxygens (including phenoxy) is 1. The van der Waals surface area contributed by atoms with Gasteiger partial charge in [-0.15, -0.1) is 0 Å². The highest BCUT2D eigenvalue weighted by Crippen LogP contribution is 2.11. The number of alkyl halides is 2. The zero-order valence-corrected chi connectivity index (χ0v) is 11.1. The second kappa shape index (κ2) is 8.80. The van der Waals surface area contributed by atoms with Gasteiger partial charge in [0, 0.05) is 11.8 Å². The van der Waals surface area contributed by atoms with Crippen molar-refractivity contribution in [1.29, 1.82) is 0 Å². The molecule has 0 aliphatic heterocycles. The standard InChI is InChI=1S/C14H15F2NO4/c15-12(16)9-21-8-7-13(18)17-11-4-1-10(2-5-11)3-6-14(19)20/h1-6,12H,7-9H2,(H,17,18)(H,19,20)/b6-3+. The number of benzene rings is 1. The third kappa shape index (κ3) is 7.78. The zero-order chi connectivity index (χ0) is 15.7. The fourth-order valence-corrected chi connectivity index (χ4v) is 1.41. The Labute approximate surface area is 120 Å². The second-order valence-corrected chi connectivity index (χ2v) is 4.06. The van der Waals surface area contributed by atoms with E-state index in [1.54, 1.807) is 24.3 Å². The Morgan fingerprint density at radius 1 is 1.29 bits per heavy atom. The van der Waals surface area contributed by atoms with Gasteiger partial charge in [0.2, 0.25) is 5.91 Å². The molecular formula is C14H15F2NO4. The van der Waals surface area contributed by atoms with Gasteiger partial charge in [0.25, 0.3) is 6.43 Å². The van der Waals surface area contributed by atoms with Crippen molar-refractivity contribution in [3.63, 3.8) is 0 Å². The molecular weight excluding hydrogens is 284 g/mol. The average Bonchev–Trinajstić information content (AvgIpc) is 2.42. The number of rotatable bonds is 8. The summed E-state index contributed by atoms with van der Waals surface area (Å²) in [5.41, 5.74) is 1.21. The molecule has 0 heterocycles. The molecule has 0 aromatic heterocycles. The number of carboxylic acid groups (broad SMARTS) is 1. The van der Waals surface area contributed by atoms with Crippen LogP contribution in [0.2, 0.25) is 0 Å². The summed E-state index contributed by atoms with van der Waals surface area (Å²) in [5.74, 6) is -1.39.